The maximum atomic E-state index is 11.7. The number of hydrogen-bond acceptors (Lipinski definition) is 2. The van der Waals surface area contributed by atoms with E-state index in [1.165, 1.54) is 32.1 Å². The maximum Gasteiger partial charge on any atom is 0.221 e. The Morgan fingerprint density at radius 3 is 2.53 bits per heavy atom. The van der Waals surface area contributed by atoms with E-state index in [1.807, 2.05) is 0 Å². The first-order valence-electron chi connectivity index (χ1n) is 6.98. The third kappa shape index (κ3) is 4.03. The van der Waals surface area contributed by atoms with E-state index in [9.17, 15) is 4.79 Å². The van der Waals surface area contributed by atoms with Crippen LogP contribution in [0.4, 0.5) is 0 Å². The van der Waals surface area contributed by atoms with E-state index < -0.39 is 0 Å². The minimum Gasteiger partial charge on any atom is -0.340 e. The Labute approximate surface area is 104 Å². The average molecular weight is 234 g/mol. The fourth-order valence-electron chi connectivity index (χ4n) is 2.74. The summed E-state index contributed by atoms with van der Waals surface area (Å²) < 4.78 is 0. The number of nitrogens with one attached hydrogen (secondary N) is 1. The number of hydrogen-bond donors (Lipinski definition) is 1. The lowest BCUT2D eigenvalue weighted by Crippen LogP contribution is -2.35. The van der Waals surface area contributed by atoms with Gasteiger partial charge < -0.3 is 5.32 Å². The molecule has 3 nitrogen and oxygen atoms in total. The van der Waals surface area contributed by atoms with E-state index in [-0.39, 0.29) is 11.9 Å². The largest absolute Gasteiger partial charge is 0.340 e. The van der Waals surface area contributed by atoms with Gasteiger partial charge in [0.15, 0.2) is 0 Å². The van der Waals surface area contributed by atoms with Gasteiger partial charge in [-0.05, 0) is 31.1 Å². The van der Waals surface area contributed by atoms with Crippen LogP contribution >= 0.6 is 0 Å². The highest BCUT2D eigenvalue weighted by Gasteiger charge is 2.32. The Morgan fingerprint density at radius 2 is 1.94 bits per heavy atom. The van der Waals surface area contributed by atoms with Crippen molar-refractivity contribution >= 4 is 5.91 Å². The van der Waals surface area contributed by atoms with Gasteiger partial charge in [0.25, 0.3) is 0 Å². The van der Waals surface area contributed by atoms with Gasteiger partial charge in [0.2, 0.25) is 5.91 Å². The number of nitriles is 1. The van der Waals surface area contributed by atoms with Crippen molar-refractivity contribution in [3.8, 4) is 6.07 Å². The molecule has 2 aliphatic carbocycles. The average Bonchev–Trinajstić information content (AvgIpc) is 3.19. The van der Waals surface area contributed by atoms with Crippen molar-refractivity contribution in [3.63, 3.8) is 0 Å². The fourth-order valence-corrected chi connectivity index (χ4v) is 2.74. The molecule has 0 aromatic rings. The van der Waals surface area contributed by atoms with Crippen molar-refractivity contribution in [2.24, 2.45) is 11.8 Å². The van der Waals surface area contributed by atoms with Crippen LogP contribution in [-0.2, 0) is 4.79 Å². The van der Waals surface area contributed by atoms with Crippen LogP contribution in [0.3, 0.4) is 0 Å². The summed E-state index contributed by atoms with van der Waals surface area (Å²) in [6.07, 6.45) is 10.4. The molecule has 0 bridgehead atoms. The van der Waals surface area contributed by atoms with Crippen LogP contribution in [0.15, 0.2) is 0 Å². The van der Waals surface area contributed by atoms with E-state index >= 15 is 0 Å². The first-order valence-corrected chi connectivity index (χ1v) is 6.98. The van der Waals surface area contributed by atoms with Crippen molar-refractivity contribution in [1.29, 1.82) is 5.26 Å². The van der Waals surface area contributed by atoms with Crippen molar-refractivity contribution < 1.29 is 4.79 Å². The first-order chi connectivity index (χ1) is 8.29. The number of carbonyl (C=O) groups is 1. The zero-order valence-electron chi connectivity index (χ0n) is 10.5. The lowest BCUT2D eigenvalue weighted by Gasteiger charge is -2.21. The molecule has 0 heterocycles. The molecular formula is C14H22N2O. The molecule has 2 rings (SSSR count). The zero-order chi connectivity index (χ0) is 12.1. The van der Waals surface area contributed by atoms with E-state index in [0.29, 0.717) is 12.3 Å². The molecule has 0 aromatic carbocycles. The molecule has 1 N–H and O–H groups in total. The number of amides is 1. The second-order valence-corrected chi connectivity index (χ2v) is 5.55. The Bertz CT molecular complexity index is 298. The molecule has 3 heteroatoms. The van der Waals surface area contributed by atoms with E-state index in [4.69, 9.17) is 5.26 Å². The topological polar surface area (TPSA) is 52.9 Å². The molecule has 1 unspecified atom stereocenters. The van der Waals surface area contributed by atoms with Gasteiger partial charge >= 0.3 is 0 Å². The molecule has 1 atom stereocenters. The summed E-state index contributed by atoms with van der Waals surface area (Å²) in [5, 5.41) is 11.8. The molecule has 17 heavy (non-hydrogen) atoms. The second-order valence-electron chi connectivity index (χ2n) is 5.55. The molecule has 0 spiro atoms. The number of nitrogens with zero attached hydrogens (tertiary/aromatic N) is 1. The first kappa shape index (κ1) is 12.4. The molecule has 0 radical (unpaired) electrons. The molecule has 94 valence electrons. The fraction of sp³-hybridized carbons (Fsp3) is 0.857. The van der Waals surface area contributed by atoms with Gasteiger partial charge in [0.05, 0.1) is 6.07 Å². The normalized spacial score (nSPS) is 22.8. The molecular weight excluding hydrogens is 212 g/mol. The predicted octanol–water partition coefficient (Wildman–Crippen LogP) is 2.77. The monoisotopic (exact) mass is 234 g/mol. The quantitative estimate of drug-likeness (QED) is 0.795. The van der Waals surface area contributed by atoms with Crippen LogP contribution in [0, 0.1) is 23.2 Å². The minimum atomic E-state index is -0.228. The van der Waals surface area contributed by atoms with Gasteiger partial charge in [-0.1, -0.05) is 32.1 Å². The van der Waals surface area contributed by atoms with Gasteiger partial charge in [0, 0.05) is 6.42 Å². The van der Waals surface area contributed by atoms with Gasteiger partial charge in [0.1, 0.15) is 6.04 Å². The molecule has 0 saturated heterocycles. The summed E-state index contributed by atoms with van der Waals surface area (Å²) in [6, 6.07) is 1.97. The highest BCUT2D eigenvalue weighted by atomic mass is 16.1. The second kappa shape index (κ2) is 6.05. The van der Waals surface area contributed by atoms with E-state index in [2.05, 4.69) is 11.4 Å². The van der Waals surface area contributed by atoms with Crippen LogP contribution in [0.25, 0.3) is 0 Å². The van der Waals surface area contributed by atoms with E-state index in [0.717, 1.165) is 25.2 Å². The SMILES string of the molecule is N#CC(NC(=O)CCC1CCCCC1)C1CC1. The summed E-state index contributed by atoms with van der Waals surface area (Å²) in [5.41, 5.74) is 0. The van der Waals surface area contributed by atoms with Gasteiger partial charge in [-0.15, -0.1) is 0 Å². The van der Waals surface area contributed by atoms with Crippen LogP contribution in [0.2, 0.25) is 0 Å². The molecule has 2 fully saturated rings. The number of rotatable bonds is 5. The van der Waals surface area contributed by atoms with Crippen molar-refractivity contribution in [1.82, 2.24) is 5.32 Å². The van der Waals surface area contributed by atoms with Gasteiger partial charge in [-0.2, -0.15) is 5.26 Å². The third-order valence-corrected chi connectivity index (χ3v) is 4.05. The Balaban J connectivity index is 1.64. The highest BCUT2D eigenvalue weighted by Crippen LogP contribution is 2.32. The lowest BCUT2D eigenvalue weighted by atomic mass is 9.86. The molecule has 0 aromatic heterocycles. The Kier molecular flexibility index (Phi) is 4.42. The van der Waals surface area contributed by atoms with Crippen molar-refractivity contribution in [2.45, 2.75) is 63.8 Å². The van der Waals surface area contributed by atoms with E-state index in [1.54, 1.807) is 0 Å². The number of carbonyl (C=O) groups excluding carboxylic acids is 1. The van der Waals surface area contributed by atoms with Crippen LogP contribution in [0.5, 0.6) is 0 Å². The third-order valence-electron chi connectivity index (χ3n) is 4.05. The van der Waals surface area contributed by atoms with Crippen molar-refractivity contribution in [2.75, 3.05) is 0 Å². The van der Waals surface area contributed by atoms with Crippen LogP contribution in [-0.4, -0.2) is 11.9 Å². The maximum absolute atomic E-state index is 11.7. The summed E-state index contributed by atoms with van der Waals surface area (Å²) in [5.74, 6) is 1.25. The highest BCUT2D eigenvalue weighted by molar-refractivity contribution is 5.76. The lowest BCUT2D eigenvalue weighted by molar-refractivity contribution is -0.121. The van der Waals surface area contributed by atoms with Crippen molar-refractivity contribution in [3.05, 3.63) is 0 Å². The smallest absolute Gasteiger partial charge is 0.221 e. The Morgan fingerprint density at radius 1 is 1.24 bits per heavy atom. The molecule has 1 amide bonds. The zero-order valence-corrected chi connectivity index (χ0v) is 10.5. The van der Waals surface area contributed by atoms with Gasteiger partial charge in [-0.25, -0.2) is 0 Å². The minimum absolute atomic E-state index is 0.0778. The molecule has 0 aliphatic heterocycles. The predicted molar refractivity (Wildman–Crippen MR) is 66.1 cm³/mol. The summed E-state index contributed by atoms with van der Waals surface area (Å²) in [6.45, 7) is 0. The Hall–Kier alpha value is -1.04. The van der Waals surface area contributed by atoms with Crippen LogP contribution < -0.4 is 5.32 Å². The van der Waals surface area contributed by atoms with Gasteiger partial charge in [-0.3, -0.25) is 4.79 Å². The summed E-state index contributed by atoms with van der Waals surface area (Å²) in [7, 11) is 0. The molecule has 2 aliphatic rings. The standard InChI is InChI=1S/C14H22N2O/c15-10-13(12-7-8-12)16-14(17)9-6-11-4-2-1-3-5-11/h11-13H,1-9H2,(H,16,17). The summed E-state index contributed by atoms with van der Waals surface area (Å²) in [4.78, 5) is 11.7. The summed E-state index contributed by atoms with van der Waals surface area (Å²) >= 11 is 0. The molecule has 2 saturated carbocycles. The van der Waals surface area contributed by atoms with Crippen LogP contribution in [0.1, 0.15) is 57.8 Å².